The SMILES string of the molecule is BC1(C)CCCC2C1S/C(=N/C)N2C. The van der Waals surface area contributed by atoms with Crippen LogP contribution in [0.25, 0.3) is 0 Å². The molecule has 3 unspecified atom stereocenters. The Bertz CT molecular complexity index is 265. The van der Waals surface area contributed by atoms with Gasteiger partial charge < -0.3 is 4.90 Å². The van der Waals surface area contributed by atoms with Gasteiger partial charge in [0.2, 0.25) is 0 Å². The van der Waals surface area contributed by atoms with E-state index in [0.29, 0.717) is 5.31 Å². The van der Waals surface area contributed by atoms with Crippen LogP contribution in [0.2, 0.25) is 5.31 Å². The summed E-state index contributed by atoms with van der Waals surface area (Å²) in [6, 6.07) is 0.724. The first kappa shape index (κ1) is 10.4. The number of hydrogen-bond acceptors (Lipinski definition) is 2. The molecule has 2 rings (SSSR count). The Morgan fingerprint density at radius 3 is 2.93 bits per heavy atom. The molecular formula is C10H19BN2S. The maximum Gasteiger partial charge on any atom is 0.159 e. The predicted molar refractivity (Wildman–Crippen MR) is 67.1 cm³/mol. The third-order valence-electron chi connectivity index (χ3n) is 3.66. The van der Waals surface area contributed by atoms with Crippen molar-refractivity contribution in [3.8, 4) is 0 Å². The second kappa shape index (κ2) is 3.48. The highest BCUT2D eigenvalue weighted by Gasteiger charge is 2.47. The van der Waals surface area contributed by atoms with E-state index in [4.69, 9.17) is 0 Å². The van der Waals surface area contributed by atoms with Crippen LogP contribution in [0.3, 0.4) is 0 Å². The Morgan fingerprint density at radius 1 is 1.64 bits per heavy atom. The fourth-order valence-corrected chi connectivity index (χ4v) is 4.31. The summed E-state index contributed by atoms with van der Waals surface area (Å²) >= 11 is 1.99. The minimum atomic E-state index is 0.480. The first-order valence-corrected chi connectivity index (χ1v) is 6.30. The van der Waals surface area contributed by atoms with E-state index in [9.17, 15) is 0 Å². The quantitative estimate of drug-likeness (QED) is 0.561. The van der Waals surface area contributed by atoms with E-state index in [1.54, 1.807) is 0 Å². The molecule has 2 fully saturated rings. The largest absolute Gasteiger partial charge is 0.350 e. The number of amidine groups is 1. The monoisotopic (exact) mass is 210 g/mol. The van der Waals surface area contributed by atoms with Gasteiger partial charge in [-0.1, -0.05) is 31.5 Å². The average Bonchev–Trinajstić information content (AvgIpc) is 2.45. The van der Waals surface area contributed by atoms with Crippen LogP contribution in [0.4, 0.5) is 0 Å². The average molecular weight is 210 g/mol. The van der Waals surface area contributed by atoms with Gasteiger partial charge in [-0.2, -0.15) is 0 Å². The van der Waals surface area contributed by atoms with Crippen molar-refractivity contribution in [1.82, 2.24) is 4.90 Å². The molecule has 4 heteroatoms. The summed E-state index contributed by atoms with van der Waals surface area (Å²) in [4.78, 5) is 6.75. The van der Waals surface area contributed by atoms with Gasteiger partial charge in [0, 0.05) is 25.4 Å². The van der Waals surface area contributed by atoms with Crippen molar-refractivity contribution >= 4 is 24.8 Å². The smallest absolute Gasteiger partial charge is 0.159 e. The molecule has 1 aliphatic heterocycles. The van der Waals surface area contributed by atoms with Gasteiger partial charge in [0.25, 0.3) is 0 Å². The normalized spacial score (nSPS) is 45.6. The molecule has 3 atom stereocenters. The van der Waals surface area contributed by atoms with Crippen LogP contribution < -0.4 is 0 Å². The van der Waals surface area contributed by atoms with Crippen molar-refractivity contribution in [2.24, 2.45) is 4.99 Å². The molecule has 0 spiro atoms. The van der Waals surface area contributed by atoms with Crippen LogP contribution >= 0.6 is 11.8 Å². The van der Waals surface area contributed by atoms with E-state index in [-0.39, 0.29) is 0 Å². The Hall–Kier alpha value is -0.115. The van der Waals surface area contributed by atoms with Crippen LogP contribution in [0.15, 0.2) is 4.99 Å². The number of aliphatic imine (C=N–C) groups is 1. The molecule has 2 aliphatic rings. The molecule has 2 nitrogen and oxygen atoms in total. The zero-order chi connectivity index (χ0) is 10.3. The molecule has 78 valence electrons. The molecule has 1 heterocycles. The Labute approximate surface area is 91.9 Å². The molecule has 0 N–H and O–H groups in total. The van der Waals surface area contributed by atoms with E-state index in [2.05, 4.69) is 31.7 Å². The van der Waals surface area contributed by atoms with Crippen molar-refractivity contribution < 1.29 is 0 Å². The minimum absolute atomic E-state index is 0.480. The highest BCUT2D eigenvalue weighted by atomic mass is 32.2. The van der Waals surface area contributed by atoms with Crippen molar-refractivity contribution in [1.29, 1.82) is 0 Å². The topological polar surface area (TPSA) is 15.6 Å². The van der Waals surface area contributed by atoms with Gasteiger partial charge in [-0.15, -0.1) is 0 Å². The minimum Gasteiger partial charge on any atom is -0.350 e. The summed E-state index contributed by atoms with van der Waals surface area (Å²) in [5, 5.41) is 2.46. The lowest BCUT2D eigenvalue weighted by Crippen LogP contribution is -2.42. The molecule has 0 bridgehead atoms. The number of rotatable bonds is 0. The summed E-state index contributed by atoms with van der Waals surface area (Å²) in [6.45, 7) is 2.41. The van der Waals surface area contributed by atoms with Gasteiger partial charge >= 0.3 is 0 Å². The summed E-state index contributed by atoms with van der Waals surface area (Å²) in [7, 11) is 6.51. The summed E-state index contributed by atoms with van der Waals surface area (Å²) < 4.78 is 0. The highest BCUT2D eigenvalue weighted by Crippen LogP contribution is 2.51. The first-order valence-electron chi connectivity index (χ1n) is 5.42. The van der Waals surface area contributed by atoms with E-state index < -0.39 is 0 Å². The first-order chi connectivity index (χ1) is 6.56. The number of fused-ring (bicyclic) bond motifs is 1. The van der Waals surface area contributed by atoms with Crippen LogP contribution in [0.5, 0.6) is 0 Å². The van der Waals surface area contributed by atoms with Crippen molar-refractivity contribution in [2.75, 3.05) is 14.1 Å². The predicted octanol–water partition coefficient (Wildman–Crippen LogP) is 1.38. The van der Waals surface area contributed by atoms with E-state index in [1.165, 1.54) is 24.4 Å². The Kier molecular flexibility index (Phi) is 2.58. The van der Waals surface area contributed by atoms with Gasteiger partial charge in [-0.05, 0) is 11.7 Å². The molecular weight excluding hydrogens is 191 g/mol. The van der Waals surface area contributed by atoms with Gasteiger partial charge in [0.05, 0.1) is 0 Å². The van der Waals surface area contributed by atoms with E-state index in [1.807, 2.05) is 18.8 Å². The van der Waals surface area contributed by atoms with Gasteiger partial charge in [0.15, 0.2) is 5.17 Å². The maximum absolute atomic E-state index is 4.36. The van der Waals surface area contributed by atoms with Crippen molar-refractivity contribution in [3.05, 3.63) is 0 Å². The van der Waals surface area contributed by atoms with Crippen LogP contribution in [0.1, 0.15) is 26.2 Å². The number of thioether (sulfide) groups is 1. The fraction of sp³-hybridized carbons (Fsp3) is 0.900. The lowest BCUT2D eigenvalue weighted by Gasteiger charge is -2.40. The second-order valence-electron chi connectivity index (χ2n) is 5.10. The molecule has 0 aromatic rings. The molecule has 14 heavy (non-hydrogen) atoms. The van der Waals surface area contributed by atoms with Gasteiger partial charge in [-0.25, -0.2) is 0 Å². The standard InChI is InChI=1S/C10H19BN2S/c1-10(11)6-4-5-7-8(10)14-9(12-2)13(7)3/h7-8H,4-6,11H2,1-3H3/b12-9+. The second-order valence-corrected chi connectivity index (χ2v) is 6.21. The summed E-state index contributed by atoms with van der Waals surface area (Å²) in [5.41, 5.74) is 0. The zero-order valence-corrected chi connectivity index (χ0v) is 10.4. The van der Waals surface area contributed by atoms with Crippen LogP contribution in [-0.2, 0) is 0 Å². The van der Waals surface area contributed by atoms with Crippen molar-refractivity contribution in [2.45, 2.75) is 42.8 Å². The molecule has 0 radical (unpaired) electrons. The number of hydrogen-bond donors (Lipinski definition) is 0. The third kappa shape index (κ3) is 1.48. The highest BCUT2D eigenvalue weighted by molar-refractivity contribution is 8.14. The lowest BCUT2D eigenvalue weighted by atomic mass is 9.60. The Morgan fingerprint density at radius 2 is 2.36 bits per heavy atom. The van der Waals surface area contributed by atoms with Crippen molar-refractivity contribution in [3.63, 3.8) is 0 Å². The van der Waals surface area contributed by atoms with E-state index in [0.717, 1.165) is 11.3 Å². The summed E-state index contributed by atoms with van der Waals surface area (Å²) in [6.07, 6.45) is 4.08. The molecule has 1 saturated heterocycles. The molecule has 1 saturated carbocycles. The zero-order valence-electron chi connectivity index (χ0n) is 9.58. The van der Waals surface area contributed by atoms with E-state index >= 15 is 0 Å². The molecule has 0 aromatic heterocycles. The number of nitrogens with zero attached hydrogens (tertiary/aromatic N) is 2. The van der Waals surface area contributed by atoms with Crippen LogP contribution in [-0.4, -0.2) is 43.3 Å². The molecule has 0 amide bonds. The van der Waals surface area contributed by atoms with Crippen LogP contribution in [0, 0.1) is 0 Å². The molecule has 1 aliphatic carbocycles. The lowest BCUT2D eigenvalue weighted by molar-refractivity contribution is 0.265. The summed E-state index contributed by atoms with van der Waals surface area (Å²) in [5.74, 6) is 0. The maximum atomic E-state index is 4.36. The van der Waals surface area contributed by atoms with Gasteiger partial charge in [-0.3, -0.25) is 4.99 Å². The fourth-order valence-electron chi connectivity index (χ4n) is 2.77. The molecule has 0 aromatic carbocycles. The Balaban J connectivity index is 2.25. The third-order valence-corrected chi connectivity index (χ3v) is 5.55. The van der Waals surface area contributed by atoms with Gasteiger partial charge in [0.1, 0.15) is 7.85 Å².